The number of benzene rings is 1. The Hall–Kier alpha value is -1.92. The second-order valence-corrected chi connectivity index (χ2v) is 8.54. The van der Waals surface area contributed by atoms with Gasteiger partial charge in [0.1, 0.15) is 0 Å². The van der Waals surface area contributed by atoms with Crippen molar-refractivity contribution in [2.24, 2.45) is 11.8 Å². The van der Waals surface area contributed by atoms with Gasteiger partial charge in [0.2, 0.25) is 11.8 Å². The third-order valence-corrected chi connectivity index (χ3v) is 6.10. The van der Waals surface area contributed by atoms with Crippen molar-refractivity contribution in [2.75, 3.05) is 19.6 Å². The molecule has 1 saturated carbocycles. The average molecular weight is 370 g/mol. The molecule has 146 valence electrons. The van der Waals surface area contributed by atoms with Crippen LogP contribution in [0.3, 0.4) is 0 Å². The summed E-state index contributed by atoms with van der Waals surface area (Å²) in [5.41, 5.74) is 10.1. The van der Waals surface area contributed by atoms with Crippen LogP contribution >= 0.6 is 0 Å². The zero-order valence-electron chi connectivity index (χ0n) is 16.5. The van der Waals surface area contributed by atoms with Crippen molar-refractivity contribution < 1.29 is 9.59 Å². The average Bonchev–Trinajstić information content (AvgIpc) is 3.37. The molecule has 3 aliphatic rings. The number of hydrogen-bond donors (Lipinski definition) is 2. The predicted molar refractivity (Wildman–Crippen MR) is 104 cm³/mol. The van der Waals surface area contributed by atoms with E-state index in [1.165, 1.54) is 24.0 Å². The van der Waals surface area contributed by atoms with Crippen LogP contribution in [0.2, 0.25) is 0 Å². The van der Waals surface area contributed by atoms with E-state index in [4.69, 9.17) is 0 Å². The maximum atomic E-state index is 13.1. The highest BCUT2D eigenvalue weighted by molar-refractivity contribution is 5.88. The fourth-order valence-electron chi connectivity index (χ4n) is 4.61. The van der Waals surface area contributed by atoms with Crippen molar-refractivity contribution in [1.82, 2.24) is 20.7 Å². The number of hydrogen-bond acceptors (Lipinski definition) is 4. The Labute approximate surface area is 161 Å². The van der Waals surface area contributed by atoms with E-state index in [-0.39, 0.29) is 36.4 Å². The summed E-state index contributed by atoms with van der Waals surface area (Å²) in [7, 11) is 0. The van der Waals surface area contributed by atoms with Gasteiger partial charge in [-0.1, -0.05) is 29.3 Å². The van der Waals surface area contributed by atoms with Crippen LogP contribution in [-0.4, -0.2) is 53.3 Å². The summed E-state index contributed by atoms with van der Waals surface area (Å²) in [6.45, 7) is 8.26. The van der Waals surface area contributed by atoms with Gasteiger partial charge in [0.15, 0.2) is 0 Å². The lowest BCUT2D eigenvalue weighted by atomic mass is 9.90. The molecule has 27 heavy (non-hydrogen) atoms. The smallest absolute Gasteiger partial charge is 0.242 e. The number of carbonyl (C=O) groups excluding carboxylic acids is 2. The Kier molecular flexibility index (Phi) is 4.95. The molecule has 1 aromatic carbocycles. The number of carbonyl (C=O) groups is 2. The molecule has 2 amide bonds. The van der Waals surface area contributed by atoms with E-state index < -0.39 is 0 Å². The van der Waals surface area contributed by atoms with Gasteiger partial charge in [-0.25, -0.2) is 0 Å². The molecule has 1 aromatic rings. The first kappa shape index (κ1) is 18.4. The van der Waals surface area contributed by atoms with Crippen molar-refractivity contribution in [3.63, 3.8) is 0 Å². The van der Waals surface area contributed by atoms with Crippen LogP contribution in [0.5, 0.6) is 0 Å². The molecule has 2 saturated heterocycles. The van der Waals surface area contributed by atoms with E-state index in [1.54, 1.807) is 4.90 Å². The van der Waals surface area contributed by atoms with Gasteiger partial charge in [0.05, 0.1) is 12.5 Å². The molecule has 0 bridgehead atoms. The molecule has 1 aliphatic carbocycles. The highest BCUT2D eigenvalue weighted by Crippen LogP contribution is 2.39. The summed E-state index contributed by atoms with van der Waals surface area (Å²) < 4.78 is 0. The lowest BCUT2D eigenvalue weighted by Gasteiger charge is -2.36. The third-order valence-electron chi connectivity index (χ3n) is 6.10. The number of nitrogens with one attached hydrogen (secondary N) is 2. The Balaban J connectivity index is 1.39. The molecule has 3 atom stereocenters. The minimum atomic E-state index is -0.0729. The topological polar surface area (TPSA) is 64.7 Å². The number of aryl methyl sites for hydroxylation is 2. The second-order valence-electron chi connectivity index (χ2n) is 8.54. The monoisotopic (exact) mass is 370 g/mol. The summed E-state index contributed by atoms with van der Waals surface area (Å²) in [4.78, 5) is 29.5. The van der Waals surface area contributed by atoms with Gasteiger partial charge in [-0.05, 0) is 45.1 Å². The molecule has 2 aliphatic heterocycles. The van der Waals surface area contributed by atoms with Gasteiger partial charge in [0, 0.05) is 31.7 Å². The largest absolute Gasteiger partial charge is 0.335 e. The first-order valence-corrected chi connectivity index (χ1v) is 10.1. The van der Waals surface area contributed by atoms with Crippen LogP contribution in [-0.2, 0) is 16.1 Å². The molecular weight excluding hydrogens is 340 g/mol. The van der Waals surface area contributed by atoms with Crippen LogP contribution in [0.25, 0.3) is 0 Å². The Morgan fingerprint density at radius 3 is 2.44 bits per heavy atom. The van der Waals surface area contributed by atoms with Crippen LogP contribution < -0.4 is 10.9 Å². The maximum Gasteiger partial charge on any atom is 0.242 e. The molecule has 0 aromatic heterocycles. The highest BCUT2D eigenvalue weighted by Gasteiger charge is 2.48. The van der Waals surface area contributed by atoms with Crippen molar-refractivity contribution in [3.05, 3.63) is 34.9 Å². The first-order valence-electron chi connectivity index (χ1n) is 10.1. The standard InChI is InChI=1S/C21H30N4O2/c1-13-8-14(2)10-16(9-13)11-24-6-7-25(12-18(24)26)21(27)19-15(3)22-23-20(19)17-4-5-17/h8-10,15,17,19-20,22-23H,4-7,11-12H2,1-3H3. The number of amides is 2. The molecule has 2 heterocycles. The van der Waals surface area contributed by atoms with E-state index in [2.05, 4.69) is 49.8 Å². The summed E-state index contributed by atoms with van der Waals surface area (Å²) in [6, 6.07) is 6.72. The lowest BCUT2D eigenvalue weighted by molar-refractivity contribution is -0.148. The number of rotatable bonds is 4. The first-order chi connectivity index (χ1) is 12.9. The van der Waals surface area contributed by atoms with Gasteiger partial charge in [-0.3, -0.25) is 20.4 Å². The normalized spacial score (nSPS) is 28.7. The molecule has 6 heteroatoms. The van der Waals surface area contributed by atoms with Crippen LogP contribution in [0, 0.1) is 25.7 Å². The summed E-state index contributed by atoms with van der Waals surface area (Å²) in [6.07, 6.45) is 2.39. The quantitative estimate of drug-likeness (QED) is 0.840. The van der Waals surface area contributed by atoms with Gasteiger partial charge >= 0.3 is 0 Å². The SMILES string of the molecule is Cc1cc(C)cc(CN2CCN(C(=O)C3C(C)NNC3C3CC3)CC2=O)c1. The van der Waals surface area contributed by atoms with Crippen LogP contribution in [0.4, 0.5) is 0 Å². The zero-order valence-corrected chi connectivity index (χ0v) is 16.5. The summed E-state index contributed by atoms with van der Waals surface area (Å²) in [5, 5.41) is 0. The molecule has 3 fully saturated rings. The van der Waals surface area contributed by atoms with E-state index in [0.717, 1.165) is 5.56 Å². The second kappa shape index (κ2) is 7.24. The van der Waals surface area contributed by atoms with E-state index in [9.17, 15) is 9.59 Å². The summed E-state index contributed by atoms with van der Waals surface area (Å²) >= 11 is 0. The Morgan fingerprint density at radius 1 is 1.11 bits per heavy atom. The zero-order chi connectivity index (χ0) is 19.1. The highest BCUT2D eigenvalue weighted by atomic mass is 16.2. The van der Waals surface area contributed by atoms with E-state index >= 15 is 0 Å². The molecule has 0 spiro atoms. The van der Waals surface area contributed by atoms with Crippen LogP contribution in [0.15, 0.2) is 18.2 Å². The summed E-state index contributed by atoms with van der Waals surface area (Å²) in [5.74, 6) is 0.689. The predicted octanol–water partition coefficient (Wildman–Crippen LogP) is 1.37. The molecule has 6 nitrogen and oxygen atoms in total. The van der Waals surface area contributed by atoms with Crippen molar-refractivity contribution in [3.8, 4) is 0 Å². The van der Waals surface area contributed by atoms with Gasteiger partial charge in [-0.2, -0.15) is 0 Å². The van der Waals surface area contributed by atoms with Gasteiger partial charge in [0.25, 0.3) is 0 Å². The van der Waals surface area contributed by atoms with Crippen molar-refractivity contribution >= 4 is 11.8 Å². The van der Waals surface area contributed by atoms with Crippen LogP contribution in [0.1, 0.15) is 36.5 Å². The Morgan fingerprint density at radius 2 is 1.81 bits per heavy atom. The number of piperazine rings is 1. The minimum Gasteiger partial charge on any atom is -0.335 e. The fourth-order valence-corrected chi connectivity index (χ4v) is 4.61. The van der Waals surface area contributed by atoms with Gasteiger partial charge in [-0.15, -0.1) is 0 Å². The lowest BCUT2D eigenvalue weighted by Crippen LogP contribution is -2.55. The molecule has 2 N–H and O–H groups in total. The molecule has 4 rings (SSSR count). The molecular formula is C21H30N4O2. The Bertz CT molecular complexity index is 725. The van der Waals surface area contributed by atoms with E-state index in [1.807, 2.05) is 4.90 Å². The molecule has 3 unspecified atom stereocenters. The number of hydrazine groups is 1. The fraction of sp³-hybridized carbons (Fsp3) is 0.619. The van der Waals surface area contributed by atoms with E-state index in [0.29, 0.717) is 25.6 Å². The van der Waals surface area contributed by atoms with Crippen molar-refractivity contribution in [1.29, 1.82) is 0 Å². The van der Waals surface area contributed by atoms with Gasteiger partial charge < -0.3 is 9.80 Å². The maximum absolute atomic E-state index is 13.1. The molecule has 0 radical (unpaired) electrons. The van der Waals surface area contributed by atoms with Crippen molar-refractivity contribution in [2.45, 2.75) is 52.2 Å². The minimum absolute atomic E-state index is 0.0447. The number of nitrogens with zero attached hydrogens (tertiary/aromatic N) is 2. The third kappa shape index (κ3) is 3.87.